The Morgan fingerprint density at radius 2 is 0.981 bits per heavy atom. The van der Waals surface area contributed by atoms with Gasteiger partial charge < -0.3 is 9.32 Å². The monoisotopic (exact) mass is 669 g/mol. The maximum absolute atomic E-state index is 6.65. The van der Waals surface area contributed by atoms with Crippen LogP contribution in [0.15, 0.2) is 186 Å². The molecule has 2 heteroatoms. The van der Waals surface area contributed by atoms with Crippen molar-refractivity contribution in [2.45, 2.75) is 26.2 Å². The SMILES string of the molecule is CC(C)(C)c1c(-c2cccc(N(c3ccc(-c4ccccc4-c4ccccc4)cc3)c3ccc4c(ccc5ccccc54)c3)c2)oc2ccccc12. The topological polar surface area (TPSA) is 16.4 Å². The molecule has 9 rings (SSSR count). The van der Waals surface area contributed by atoms with E-state index < -0.39 is 0 Å². The van der Waals surface area contributed by atoms with Gasteiger partial charge in [-0.2, -0.15) is 0 Å². The molecule has 0 aliphatic heterocycles. The summed E-state index contributed by atoms with van der Waals surface area (Å²) < 4.78 is 6.65. The lowest BCUT2D eigenvalue weighted by atomic mass is 9.83. The van der Waals surface area contributed by atoms with Crippen LogP contribution in [0.25, 0.3) is 66.1 Å². The van der Waals surface area contributed by atoms with E-state index in [0.29, 0.717) is 0 Å². The minimum absolute atomic E-state index is 0.107. The lowest BCUT2D eigenvalue weighted by molar-refractivity contribution is 0.568. The Labute approximate surface area is 305 Å². The summed E-state index contributed by atoms with van der Waals surface area (Å²) in [6.07, 6.45) is 0. The molecule has 0 bridgehead atoms. The zero-order chi connectivity index (χ0) is 35.2. The Morgan fingerprint density at radius 1 is 0.404 bits per heavy atom. The average molecular weight is 670 g/mol. The standard InChI is InChI=1S/C50H39NO/c1-50(2,3)48-46-22-11-12-23-47(46)52-49(48)38-17-13-18-40(33-38)51(41-30-31-45-37(32-41)25-24-35-16-7-8-19-43(35)45)39-28-26-36(27-29-39)44-21-10-9-20-42(44)34-14-5-4-6-15-34/h4-33H,1-3H3. The van der Waals surface area contributed by atoms with Crippen molar-refractivity contribution in [3.63, 3.8) is 0 Å². The predicted octanol–water partition coefficient (Wildman–Crippen LogP) is 14.5. The van der Waals surface area contributed by atoms with Gasteiger partial charge in [-0.05, 0) is 91.7 Å². The zero-order valence-electron chi connectivity index (χ0n) is 29.7. The van der Waals surface area contributed by atoms with Gasteiger partial charge >= 0.3 is 0 Å². The van der Waals surface area contributed by atoms with Gasteiger partial charge in [0.1, 0.15) is 11.3 Å². The Kier molecular flexibility index (Phi) is 7.74. The molecule has 0 spiro atoms. The molecule has 1 heterocycles. The molecule has 2 nitrogen and oxygen atoms in total. The molecule has 0 aliphatic carbocycles. The molecule has 0 atom stereocenters. The summed E-state index contributed by atoms with van der Waals surface area (Å²) >= 11 is 0. The summed E-state index contributed by atoms with van der Waals surface area (Å²) in [4.78, 5) is 2.37. The van der Waals surface area contributed by atoms with Crippen LogP contribution >= 0.6 is 0 Å². The van der Waals surface area contributed by atoms with Gasteiger partial charge in [0.25, 0.3) is 0 Å². The minimum atomic E-state index is -0.107. The van der Waals surface area contributed by atoms with Crippen molar-refractivity contribution in [2.75, 3.05) is 4.90 Å². The summed E-state index contributed by atoms with van der Waals surface area (Å²) in [5, 5.41) is 6.14. The van der Waals surface area contributed by atoms with Gasteiger partial charge in [0.15, 0.2) is 0 Å². The Balaban J connectivity index is 1.20. The van der Waals surface area contributed by atoms with E-state index in [4.69, 9.17) is 4.42 Å². The summed E-state index contributed by atoms with van der Waals surface area (Å²) in [6.45, 7) is 6.79. The fraction of sp³-hybridized carbons (Fsp3) is 0.0800. The molecule has 0 amide bonds. The van der Waals surface area contributed by atoms with Crippen molar-refractivity contribution in [3.8, 4) is 33.6 Å². The van der Waals surface area contributed by atoms with Gasteiger partial charge in [-0.1, -0.05) is 160 Å². The van der Waals surface area contributed by atoms with Gasteiger partial charge in [0.05, 0.1) is 0 Å². The van der Waals surface area contributed by atoms with Crippen molar-refractivity contribution in [2.24, 2.45) is 0 Å². The molecule has 1 aromatic heterocycles. The Hall–Kier alpha value is -6.38. The number of benzene rings is 8. The minimum Gasteiger partial charge on any atom is -0.456 e. The summed E-state index contributed by atoms with van der Waals surface area (Å²) in [5.74, 6) is 0.924. The number of fused-ring (bicyclic) bond motifs is 4. The van der Waals surface area contributed by atoms with Crippen LogP contribution in [0.4, 0.5) is 17.1 Å². The molecule has 0 fully saturated rings. The van der Waals surface area contributed by atoms with Gasteiger partial charge in [-0.15, -0.1) is 0 Å². The maximum atomic E-state index is 6.65. The molecule has 0 radical (unpaired) electrons. The number of rotatable bonds is 6. The van der Waals surface area contributed by atoms with Crippen LogP contribution < -0.4 is 4.90 Å². The molecular weight excluding hydrogens is 631 g/mol. The van der Waals surface area contributed by atoms with Gasteiger partial charge in [0.2, 0.25) is 0 Å². The second-order valence-corrected chi connectivity index (χ2v) is 14.6. The molecule has 0 saturated carbocycles. The normalized spacial score (nSPS) is 11.8. The first-order valence-electron chi connectivity index (χ1n) is 18.0. The Bertz CT molecular complexity index is 2710. The molecule has 0 unspecified atom stereocenters. The van der Waals surface area contributed by atoms with E-state index >= 15 is 0 Å². The van der Waals surface area contributed by atoms with Crippen LogP contribution in [0.5, 0.6) is 0 Å². The Morgan fingerprint density at radius 3 is 1.75 bits per heavy atom. The molecular formula is C50H39NO. The summed E-state index contributed by atoms with van der Waals surface area (Å²) in [7, 11) is 0. The quantitative estimate of drug-likeness (QED) is 0.164. The number of hydrogen-bond donors (Lipinski definition) is 0. The fourth-order valence-electron chi connectivity index (χ4n) is 7.76. The largest absolute Gasteiger partial charge is 0.456 e. The van der Waals surface area contributed by atoms with Crippen LogP contribution in [-0.4, -0.2) is 0 Å². The molecule has 8 aromatic carbocycles. The third-order valence-electron chi connectivity index (χ3n) is 10.1. The number of anilines is 3. The van der Waals surface area contributed by atoms with Crippen LogP contribution in [0.1, 0.15) is 26.3 Å². The molecule has 250 valence electrons. The number of furan rings is 1. The number of para-hydroxylation sites is 1. The highest BCUT2D eigenvalue weighted by Gasteiger charge is 2.26. The zero-order valence-corrected chi connectivity index (χ0v) is 29.7. The highest BCUT2D eigenvalue weighted by Crippen LogP contribution is 2.44. The highest BCUT2D eigenvalue weighted by atomic mass is 16.3. The smallest absolute Gasteiger partial charge is 0.139 e. The van der Waals surface area contributed by atoms with Crippen molar-refractivity contribution in [1.82, 2.24) is 0 Å². The van der Waals surface area contributed by atoms with Gasteiger partial charge in [-0.3, -0.25) is 0 Å². The van der Waals surface area contributed by atoms with E-state index in [1.165, 1.54) is 54.7 Å². The highest BCUT2D eigenvalue weighted by molar-refractivity contribution is 6.08. The van der Waals surface area contributed by atoms with Crippen LogP contribution in [0.3, 0.4) is 0 Å². The molecule has 0 saturated heterocycles. The van der Waals surface area contributed by atoms with Crippen LogP contribution in [0, 0.1) is 0 Å². The van der Waals surface area contributed by atoms with E-state index in [9.17, 15) is 0 Å². The average Bonchev–Trinajstić information content (AvgIpc) is 3.60. The fourth-order valence-corrected chi connectivity index (χ4v) is 7.76. The van der Waals surface area contributed by atoms with Crippen molar-refractivity contribution in [1.29, 1.82) is 0 Å². The second-order valence-electron chi connectivity index (χ2n) is 14.6. The third-order valence-corrected chi connectivity index (χ3v) is 10.1. The first-order valence-corrected chi connectivity index (χ1v) is 18.0. The molecule has 9 aromatic rings. The lowest BCUT2D eigenvalue weighted by Crippen LogP contribution is -2.12. The van der Waals surface area contributed by atoms with E-state index in [-0.39, 0.29) is 5.41 Å². The van der Waals surface area contributed by atoms with Gasteiger partial charge in [0, 0.05) is 33.6 Å². The predicted molar refractivity (Wildman–Crippen MR) is 221 cm³/mol. The number of hydrogen-bond acceptors (Lipinski definition) is 2. The molecule has 0 aliphatic rings. The van der Waals surface area contributed by atoms with Gasteiger partial charge in [-0.25, -0.2) is 0 Å². The van der Waals surface area contributed by atoms with Crippen molar-refractivity contribution in [3.05, 3.63) is 188 Å². The molecule has 52 heavy (non-hydrogen) atoms. The van der Waals surface area contributed by atoms with Crippen molar-refractivity contribution < 1.29 is 4.42 Å². The number of nitrogens with zero attached hydrogens (tertiary/aromatic N) is 1. The van der Waals surface area contributed by atoms with E-state index in [1.54, 1.807) is 0 Å². The van der Waals surface area contributed by atoms with E-state index in [2.05, 4.69) is 202 Å². The first kappa shape index (κ1) is 31.6. The van der Waals surface area contributed by atoms with Crippen LogP contribution in [0.2, 0.25) is 0 Å². The van der Waals surface area contributed by atoms with Crippen LogP contribution in [-0.2, 0) is 5.41 Å². The summed E-state index contributed by atoms with van der Waals surface area (Å²) in [5.41, 5.74) is 11.2. The maximum Gasteiger partial charge on any atom is 0.139 e. The lowest BCUT2D eigenvalue weighted by Gasteiger charge is -2.27. The van der Waals surface area contributed by atoms with E-state index in [1.807, 2.05) is 6.07 Å². The van der Waals surface area contributed by atoms with E-state index in [0.717, 1.165) is 34.0 Å². The molecule has 0 N–H and O–H groups in total. The summed E-state index contributed by atoms with van der Waals surface area (Å²) in [6, 6.07) is 65.4. The first-order chi connectivity index (χ1) is 25.4. The third kappa shape index (κ3) is 5.63. The second kappa shape index (κ2) is 12.7. The van der Waals surface area contributed by atoms with Crippen molar-refractivity contribution >= 4 is 49.6 Å².